The first-order valence-corrected chi connectivity index (χ1v) is 5.70. The van der Waals surface area contributed by atoms with E-state index in [4.69, 9.17) is 5.73 Å². The van der Waals surface area contributed by atoms with Crippen LogP contribution in [0.2, 0.25) is 0 Å². The molecule has 0 atom stereocenters. The number of nitrogens with zero attached hydrogens (tertiary/aromatic N) is 1. The van der Waals surface area contributed by atoms with Crippen molar-refractivity contribution in [2.45, 2.75) is 32.6 Å². The van der Waals surface area contributed by atoms with Crippen LogP contribution in [0.5, 0.6) is 0 Å². The van der Waals surface area contributed by atoms with E-state index in [2.05, 4.69) is 36.8 Å². The van der Waals surface area contributed by atoms with Gasteiger partial charge in [-0.25, -0.2) is 4.98 Å². The van der Waals surface area contributed by atoms with Crippen LogP contribution in [0.15, 0.2) is 18.3 Å². The Bertz CT molecular complexity index is 491. The van der Waals surface area contributed by atoms with Crippen molar-refractivity contribution in [1.29, 1.82) is 0 Å². The number of rotatable bonds is 2. The fourth-order valence-corrected chi connectivity index (χ4v) is 2.12. The first kappa shape index (κ1) is 11.1. The molecule has 2 aromatic heterocycles. The Morgan fingerprint density at radius 2 is 2.12 bits per heavy atom. The van der Waals surface area contributed by atoms with Gasteiger partial charge in [0.2, 0.25) is 0 Å². The minimum absolute atomic E-state index is 0.102. The number of aromatic nitrogens is 2. The Balaban J connectivity index is 2.68. The third kappa shape index (κ3) is 1.83. The van der Waals surface area contributed by atoms with Crippen LogP contribution in [-0.4, -0.2) is 16.5 Å². The Hall–Kier alpha value is -1.35. The SMILES string of the molecule is CC(C)(C)c1[nH]c2ncccc2c1CCN. The van der Waals surface area contributed by atoms with Crippen molar-refractivity contribution >= 4 is 11.0 Å². The van der Waals surface area contributed by atoms with Crippen molar-refractivity contribution in [2.24, 2.45) is 5.73 Å². The molecule has 0 radical (unpaired) electrons. The molecule has 0 aliphatic rings. The highest BCUT2D eigenvalue weighted by Crippen LogP contribution is 2.30. The molecule has 2 aromatic rings. The predicted octanol–water partition coefficient (Wildman–Crippen LogP) is 2.36. The van der Waals surface area contributed by atoms with E-state index in [-0.39, 0.29) is 5.41 Å². The quantitative estimate of drug-likeness (QED) is 0.811. The third-order valence-corrected chi connectivity index (χ3v) is 2.82. The number of nitrogens with two attached hydrogens (primary N) is 1. The van der Waals surface area contributed by atoms with Crippen molar-refractivity contribution in [3.8, 4) is 0 Å². The Morgan fingerprint density at radius 1 is 1.38 bits per heavy atom. The van der Waals surface area contributed by atoms with E-state index in [1.165, 1.54) is 16.6 Å². The highest BCUT2D eigenvalue weighted by molar-refractivity contribution is 5.81. The normalized spacial score (nSPS) is 12.2. The third-order valence-electron chi connectivity index (χ3n) is 2.82. The summed E-state index contributed by atoms with van der Waals surface area (Å²) in [6.07, 6.45) is 2.72. The largest absolute Gasteiger partial charge is 0.343 e. The molecule has 16 heavy (non-hydrogen) atoms. The van der Waals surface area contributed by atoms with Gasteiger partial charge in [0.25, 0.3) is 0 Å². The van der Waals surface area contributed by atoms with Gasteiger partial charge in [0.05, 0.1) is 0 Å². The lowest BCUT2D eigenvalue weighted by atomic mass is 9.88. The van der Waals surface area contributed by atoms with Crippen molar-refractivity contribution in [1.82, 2.24) is 9.97 Å². The van der Waals surface area contributed by atoms with Crippen LogP contribution in [0.3, 0.4) is 0 Å². The van der Waals surface area contributed by atoms with Gasteiger partial charge < -0.3 is 10.7 Å². The van der Waals surface area contributed by atoms with Gasteiger partial charge in [-0.15, -0.1) is 0 Å². The minimum Gasteiger partial charge on any atom is -0.343 e. The van der Waals surface area contributed by atoms with Gasteiger partial charge in [0.1, 0.15) is 5.65 Å². The van der Waals surface area contributed by atoms with Gasteiger partial charge in [-0.1, -0.05) is 20.8 Å². The van der Waals surface area contributed by atoms with Gasteiger partial charge >= 0.3 is 0 Å². The average molecular weight is 217 g/mol. The van der Waals surface area contributed by atoms with Crippen LogP contribution in [0.4, 0.5) is 0 Å². The predicted molar refractivity (Wildman–Crippen MR) is 67.6 cm³/mol. The van der Waals surface area contributed by atoms with Crippen molar-refractivity contribution in [3.05, 3.63) is 29.6 Å². The smallest absolute Gasteiger partial charge is 0.137 e. The van der Waals surface area contributed by atoms with Crippen LogP contribution in [0.25, 0.3) is 11.0 Å². The van der Waals surface area contributed by atoms with Crippen LogP contribution >= 0.6 is 0 Å². The van der Waals surface area contributed by atoms with E-state index in [9.17, 15) is 0 Å². The zero-order valence-corrected chi connectivity index (χ0v) is 10.2. The summed E-state index contributed by atoms with van der Waals surface area (Å²) in [5.41, 5.74) is 9.33. The van der Waals surface area contributed by atoms with Gasteiger partial charge in [0, 0.05) is 22.7 Å². The summed E-state index contributed by atoms with van der Waals surface area (Å²) < 4.78 is 0. The summed E-state index contributed by atoms with van der Waals surface area (Å²) >= 11 is 0. The number of H-pyrrole nitrogens is 1. The van der Waals surface area contributed by atoms with Crippen molar-refractivity contribution < 1.29 is 0 Å². The Kier molecular flexibility index (Phi) is 2.72. The second-order valence-corrected chi connectivity index (χ2v) is 5.17. The van der Waals surface area contributed by atoms with Crippen LogP contribution in [0.1, 0.15) is 32.0 Å². The molecule has 0 aromatic carbocycles. The second-order valence-electron chi connectivity index (χ2n) is 5.17. The molecule has 0 aliphatic carbocycles. The minimum atomic E-state index is 0.102. The average Bonchev–Trinajstić information content (AvgIpc) is 2.58. The molecule has 0 unspecified atom stereocenters. The van der Waals surface area contributed by atoms with Crippen LogP contribution < -0.4 is 5.73 Å². The van der Waals surface area contributed by atoms with E-state index in [0.29, 0.717) is 6.54 Å². The summed E-state index contributed by atoms with van der Waals surface area (Å²) in [6.45, 7) is 7.29. The van der Waals surface area contributed by atoms with Gasteiger partial charge in [-0.3, -0.25) is 0 Å². The number of nitrogens with one attached hydrogen (secondary N) is 1. The molecule has 0 aliphatic heterocycles. The highest BCUT2D eigenvalue weighted by atomic mass is 14.9. The van der Waals surface area contributed by atoms with Gasteiger partial charge in [-0.2, -0.15) is 0 Å². The monoisotopic (exact) mass is 217 g/mol. The summed E-state index contributed by atoms with van der Waals surface area (Å²) in [5.74, 6) is 0. The molecule has 2 heterocycles. The molecule has 0 amide bonds. The Labute approximate surface area is 96.1 Å². The molecule has 3 heteroatoms. The van der Waals surface area contributed by atoms with Crippen molar-refractivity contribution in [2.75, 3.05) is 6.54 Å². The van der Waals surface area contributed by atoms with Crippen LogP contribution in [0, 0.1) is 0 Å². The summed E-state index contributed by atoms with van der Waals surface area (Å²) in [6, 6.07) is 4.09. The zero-order valence-electron chi connectivity index (χ0n) is 10.2. The molecule has 0 saturated carbocycles. The lowest BCUT2D eigenvalue weighted by Gasteiger charge is -2.19. The first-order valence-electron chi connectivity index (χ1n) is 5.70. The summed E-state index contributed by atoms with van der Waals surface area (Å²) in [5, 5.41) is 1.21. The number of hydrogen-bond acceptors (Lipinski definition) is 2. The maximum atomic E-state index is 5.69. The summed E-state index contributed by atoms with van der Waals surface area (Å²) in [4.78, 5) is 7.78. The molecule has 3 nitrogen and oxygen atoms in total. The zero-order chi connectivity index (χ0) is 11.8. The van der Waals surface area contributed by atoms with Gasteiger partial charge in [-0.05, 0) is 30.7 Å². The molecule has 86 valence electrons. The van der Waals surface area contributed by atoms with E-state index in [1.54, 1.807) is 0 Å². The Morgan fingerprint density at radius 3 is 2.75 bits per heavy atom. The van der Waals surface area contributed by atoms with E-state index in [1.807, 2.05) is 12.3 Å². The van der Waals surface area contributed by atoms with E-state index >= 15 is 0 Å². The second kappa shape index (κ2) is 3.91. The fourth-order valence-electron chi connectivity index (χ4n) is 2.12. The van der Waals surface area contributed by atoms with E-state index in [0.717, 1.165) is 12.1 Å². The molecule has 3 N–H and O–H groups in total. The number of hydrogen-bond donors (Lipinski definition) is 2. The number of aromatic amines is 1. The molecule has 0 saturated heterocycles. The maximum absolute atomic E-state index is 5.69. The summed E-state index contributed by atoms with van der Waals surface area (Å²) in [7, 11) is 0. The standard InChI is InChI=1S/C13H19N3/c1-13(2,3)11-9(6-7-14)10-5-4-8-15-12(10)16-11/h4-5,8H,6-7,14H2,1-3H3,(H,15,16). The highest BCUT2D eigenvalue weighted by Gasteiger charge is 2.22. The lowest BCUT2D eigenvalue weighted by molar-refractivity contribution is 0.566. The fraction of sp³-hybridized carbons (Fsp3) is 0.462. The number of fused-ring (bicyclic) bond motifs is 1. The molecule has 0 spiro atoms. The first-order chi connectivity index (χ1) is 7.54. The molecule has 0 bridgehead atoms. The lowest BCUT2D eigenvalue weighted by Crippen LogP contribution is -2.16. The maximum Gasteiger partial charge on any atom is 0.137 e. The van der Waals surface area contributed by atoms with Gasteiger partial charge in [0.15, 0.2) is 0 Å². The molecular formula is C13H19N3. The van der Waals surface area contributed by atoms with E-state index < -0.39 is 0 Å². The van der Waals surface area contributed by atoms with Crippen molar-refractivity contribution in [3.63, 3.8) is 0 Å². The number of pyridine rings is 1. The molecule has 2 rings (SSSR count). The topological polar surface area (TPSA) is 54.7 Å². The molecular weight excluding hydrogens is 198 g/mol. The van der Waals surface area contributed by atoms with Crippen LogP contribution in [-0.2, 0) is 11.8 Å². The molecule has 0 fully saturated rings.